The number of hydrogen-bond donors (Lipinski definition) is 0. The maximum absolute atomic E-state index is 3.81. The van der Waals surface area contributed by atoms with Crippen LogP contribution in [0.1, 0.15) is 38.5 Å². The molecule has 0 aliphatic heterocycles. The molecule has 0 aromatic carbocycles. The minimum Gasteiger partial charge on any atom is -0.0879 e. The van der Waals surface area contributed by atoms with Crippen LogP contribution in [0.4, 0.5) is 0 Å². The number of halogens is 4. The van der Waals surface area contributed by atoms with Gasteiger partial charge in [-0.15, -0.1) is 0 Å². The molecule has 4 atom stereocenters. The summed E-state index contributed by atoms with van der Waals surface area (Å²) in [6.07, 6.45) is 8.14. The van der Waals surface area contributed by atoms with Crippen molar-refractivity contribution in [3.8, 4) is 0 Å². The van der Waals surface area contributed by atoms with Gasteiger partial charge in [0, 0.05) is 17.5 Å². The predicted molar refractivity (Wildman–Crippen MR) is 88.7 cm³/mol. The number of hydrogen-bond acceptors (Lipinski definition) is 0. The Morgan fingerprint density at radius 1 is 0.714 bits per heavy atom. The van der Waals surface area contributed by atoms with E-state index in [1.165, 1.54) is 38.5 Å². The maximum Gasteiger partial charge on any atom is 0.0263 e. The van der Waals surface area contributed by atoms with Crippen LogP contribution in [0.25, 0.3) is 0 Å². The molecule has 1 aliphatic carbocycles. The van der Waals surface area contributed by atoms with Gasteiger partial charge in [0.2, 0.25) is 0 Å². The van der Waals surface area contributed by atoms with Gasteiger partial charge >= 0.3 is 0 Å². The molecule has 0 spiro atoms. The van der Waals surface area contributed by atoms with E-state index in [1.54, 1.807) is 0 Å². The highest BCUT2D eigenvalue weighted by Gasteiger charge is 2.21. The molecule has 0 N–H and O–H groups in total. The summed E-state index contributed by atoms with van der Waals surface area (Å²) < 4.78 is 1.64. The van der Waals surface area contributed by atoms with Gasteiger partial charge in [0.15, 0.2) is 0 Å². The highest BCUT2D eigenvalue weighted by Crippen LogP contribution is 2.31. The first-order chi connectivity index (χ1) is 6.61. The van der Waals surface area contributed by atoms with Crippen LogP contribution in [0.15, 0.2) is 0 Å². The van der Waals surface area contributed by atoms with Crippen LogP contribution in [-0.4, -0.2) is 17.5 Å². The fourth-order valence-corrected chi connectivity index (χ4v) is 4.52. The molecule has 0 amide bonds. The number of alkyl halides is 4. The van der Waals surface area contributed by atoms with Gasteiger partial charge in [-0.25, -0.2) is 0 Å². The summed E-state index contributed by atoms with van der Waals surface area (Å²) in [7, 11) is 0. The summed E-state index contributed by atoms with van der Waals surface area (Å²) in [6, 6.07) is 0. The SMILES string of the molecule is BrC1CCCC(I)C(Br)CCCC1I. The van der Waals surface area contributed by atoms with Crippen molar-refractivity contribution in [1.29, 1.82) is 0 Å². The molecular weight excluding hydrogens is 534 g/mol. The van der Waals surface area contributed by atoms with E-state index in [1.807, 2.05) is 0 Å². The minimum absolute atomic E-state index is 0.735. The molecule has 0 heterocycles. The van der Waals surface area contributed by atoms with Gasteiger partial charge in [-0.05, 0) is 25.7 Å². The lowest BCUT2D eigenvalue weighted by Gasteiger charge is -2.23. The van der Waals surface area contributed by atoms with E-state index < -0.39 is 0 Å². The highest BCUT2D eigenvalue weighted by molar-refractivity contribution is 14.1. The zero-order valence-corrected chi connectivity index (χ0v) is 15.6. The summed E-state index contributed by atoms with van der Waals surface area (Å²) >= 11 is 12.8. The van der Waals surface area contributed by atoms with E-state index in [-0.39, 0.29) is 0 Å². The second-order valence-corrected chi connectivity index (χ2v) is 9.48. The average Bonchev–Trinajstić information content (AvgIpc) is 2.15. The van der Waals surface area contributed by atoms with Gasteiger partial charge in [-0.3, -0.25) is 0 Å². The van der Waals surface area contributed by atoms with Gasteiger partial charge in [-0.2, -0.15) is 0 Å². The summed E-state index contributed by atoms with van der Waals surface area (Å²) in [5.41, 5.74) is 0. The minimum atomic E-state index is 0.735. The first-order valence-corrected chi connectivity index (χ1v) is 9.50. The predicted octanol–water partition coefficient (Wildman–Crippen LogP) is 5.47. The highest BCUT2D eigenvalue weighted by atomic mass is 127. The van der Waals surface area contributed by atoms with Gasteiger partial charge in [0.1, 0.15) is 0 Å². The topological polar surface area (TPSA) is 0 Å². The van der Waals surface area contributed by atoms with Gasteiger partial charge < -0.3 is 0 Å². The molecule has 0 saturated heterocycles. The largest absolute Gasteiger partial charge is 0.0879 e. The second kappa shape index (κ2) is 7.69. The van der Waals surface area contributed by atoms with Crippen LogP contribution in [0, 0.1) is 0 Å². The van der Waals surface area contributed by atoms with Crippen LogP contribution in [-0.2, 0) is 0 Å². The molecular formula is C10H16Br2I2. The first kappa shape index (κ1) is 14.5. The van der Waals surface area contributed by atoms with E-state index >= 15 is 0 Å². The zero-order valence-electron chi connectivity index (χ0n) is 8.06. The van der Waals surface area contributed by atoms with Crippen molar-refractivity contribution in [2.75, 3.05) is 0 Å². The second-order valence-electron chi connectivity index (χ2n) is 3.93. The first-order valence-electron chi connectivity index (χ1n) is 5.17. The molecule has 4 unspecified atom stereocenters. The molecule has 0 bridgehead atoms. The lowest BCUT2D eigenvalue weighted by atomic mass is 10.0. The Kier molecular flexibility index (Phi) is 7.95. The van der Waals surface area contributed by atoms with Crippen molar-refractivity contribution >= 4 is 77.0 Å². The third-order valence-electron chi connectivity index (χ3n) is 2.70. The van der Waals surface area contributed by atoms with Crippen molar-refractivity contribution in [3.63, 3.8) is 0 Å². The van der Waals surface area contributed by atoms with E-state index in [2.05, 4.69) is 77.0 Å². The van der Waals surface area contributed by atoms with Gasteiger partial charge in [0.25, 0.3) is 0 Å². The van der Waals surface area contributed by atoms with Crippen molar-refractivity contribution in [2.24, 2.45) is 0 Å². The smallest absolute Gasteiger partial charge is 0.0263 e. The lowest BCUT2D eigenvalue weighted by Crippen LogP contribution is -2.20. The van der Waals surface area contributed by atoms with E-state index in [0.29, 0.717) is 0 Å². The summed E-state index contributed by atoms with van der Waals surface area (Å²) in [6.45, 7) is 0. The fourth-order valence-electron chi connectivity index (χ4n) is 1.74. The lowest BCUT2D eigenvalue weighted by molar-refractivity contribution is 0.554. The monoisotopic (exact) mass is 548 g/mol. The standard InChI is InChI=1S/C10H16Br2I2/c11-7-3-1-5-9(13)8(12)4-2-6-10(7)14/h7-10H,1-6H2. The van der Waals surface area contributed by atoms with Crippen LogP contribution in [0.2, 0.25) is 0 Å². The normalized spacial score (nSPS) is 42.0. The third kappa shape index (κ3) is 5.17. The summed E-state index contributed by atoms with van der Waals surface area (Å²) in [5, 5.41) is 0. The van der Waals surface area contributed by atoms with Gasteiger partial charge in [0.05, 0.1) is 0 Å². The molecule has 1 saturated carbocycles. The average molecular weight is 550 g/mol. The molecule has 14 heavy (non-hydrogen) atoms. The summed E-state index contributed by atoms with van der Waals surface area (Å²) in [4.78, 5) is 1.47. The summed E-state index contributed by atoms with van der Waals surface area (Å²) in [5.74, 6) is 0. The Balaban J connectivity index is 2.42. The van der Waals surface area contributed by atoms with Crippen LogP contribution in [0.5, 0.6) is 0 Å². The van der Waals surface area contributed by atoms with Crippen LogP contribution < -0.4 is 0 Å². The van der Waals surface area contributed by atoms with Crippen LogP contribution in [0.3, 0.4) is 0 Å². The Hall–Kier alpha value is 2.42. The molecule has 1 aliphatic rings. The fraction of sp³-hybridized carbons (Fsp3) is 1.00. The van der Waals surface area contributed by atoms with Crippen molar-refractivity contribution < 1.29 is 0 Å². The van der Waals surface area contributed by atoms with E-state index in [9.17, 15) is 0 Å². The van der Waals surface area contributed by atoms with Crippen molar-refractivity contribution in [1.82, 2.24) is 0 Å². The Labute approximate surface area is 131 Å². The molecule has 1 rings (SSSR count). The Bertz CT molecular complexity index is 132. The van der Waals surface area contributed by atoms with E-state index in [4.69, 9.17) is 0 Å². The Morgan fingerprint density at radius 3 is 1.43 bits per heavy atom. The van der Waals surface area contributed by atoms with Crippen molar-refractivity contribution in [2.45, 2.75) is 56.0 Å². The Morgan fingerprint density at radius 2 is 1.07 bits per heavy atom. The molecule has 0 aromatic heterocycles. The molecule has 0 aromatic rings. The zero-order chi connectivity index (χ0) is 10.6. The molecule has 1 fully saturated rings. The molecule has 0 radical (unpaired) electrons. The quantitative estimate of drug-likeness (QED) is 0.278. The molecule has 84 valence electrons. The van der Waals surface area contributed by atoms with E-state index in [0.717, 1.165) is 17.5 Å². The van der Waals surface area contributed by atoms with Gasteiger partial charge in [-0.1, -0.05) is 89.9 Å². The molecule has 4 heteroatoms. The number of rotatable bonds is 0. The third-order valence-corrected chi connectivity index (χ3v) is 9.85. The molecule has 0 nitrogen and oxygen atoms in total. The van der Waals surface area contributed by atoms with Crippen molar-refractivity contribution in [3.05, 3.63) is 0 Å². The maximum atomic E-state index is 3.81. The van der Waals surface area contributed by atoms with Crippen LogP contribution >= 0.6 is 77.0 Å².